The monoisotopic (exact) mass is 447 g/mol. The summed E-state index contributed by atoms with van der Waals surface area (Å²) >= 11 is 6.12. The Morgan fingerprint density at radius 3 is 1.73 bits per heavy atom. The highest BCUT2D eigenvalue weighted by Crippen LogP contribution is 2.46. The van der Waals surface area contributed by atoms with Gasteiger partial charge in [-0.25, -0.2) is 0 Å². The summed E-state index contributed by atoms with van der Waals surface area (Å²) in [6, 6.07) is 17.5. The van der Waals surface area contributed by atoms with E-state index in [0.29, 0.717) is 17.1 Å². The average molecular weight is 448 g/mol. The molecule has 30 heavy (non-hydrogen) atoms. The number of nitrogens with zero attached hydrogens (tertiary/aromatic N) is 2. The van der Waals surface area contributed by atoms with Gasteiger partial charge in [-0.1, -0.05) is 0 Å². The zero-order valence-corrected chi connectivity index (χ0v) is 17.7. The second kappa shape index (κ2) is 9.40. The first-order chi connectivity index (χ1) is 14.4. The lowest BCUT2D eigenvalue weighted by molar-refractivity contribution is -0.858. The molecule has 0 bridgehead atoms. The number of phosphoric acid groups is 1. The molecule has 0 radical (unpaired) electrons. The number of hydrogen-bond donors (Lipinski definition) is 0. The molecule has 1 aromatic heterocycles. The molecule has 3 rings (SSSR count). The molecular formula is C20H17ClN2O6P+. The van der Waals surface area contributed by atoms with Gasteiger partial charge < -0.3 is 18.5 Å². The predicted octanol–water partition coefficient (Wildman–Crippen LogP) is 4.21. The van der Waals surface area contributed by atoms with E-state index in [1.54, 1.807) is 48.5 Å². The number of aromatic nitrogens is 1. The van der Waals surface area contributed by atoms with Gasteiger partial charge in [-0.2, -0.15) is 9.83 Å². The molecule has 0 spiro atoms. The van der Waals surface area contributed by atoms with Crippen molar-refractivity contribution in [2.24, 2.45) is 0 Å². The molecule has 0 amide bonds. The fourth-order valence-corrected chi connectivity index (χ4v) is 3.76. The van der Waals surface area contributed by atoms with E-state index in [0.717, 1.165) is 4.73 Å². The zero-order valence-electron chi connectivity index (χ0n) is 16.0. The van der Waals surface area contributed by atoms with Crippen LogP contribution in [0.5, 0.6) is 23.0 Å². The molecule has 8 nitrogen and oxygen atoms in total. The molecule has 0 saturated carbocycles. The third-order valence-corrected chi connectivity index (χ3v) is 5.27. The highest BCUT2D eigenvalue weighted by atomic mass is 35.5. The first kappa shape index (κ1) is 21.3. The molecule has 0 atom stereocenters. The number of benzene rings is 2. The minimum atomic E-state index is -4.27. The summed E-state index contributed by atoms with van der Waals surface area (Å²) in [5.41, 5.74) is 0.307. The fraction of sp³-hybridized carbons (Fsp3) is 0.100. The maximum absolute atomic E-state index is 13.5. The second-order valence-electron chi connectivity index (χ2n) is 5.74. The molecule has 0 aliphatic rings. The predicted molar refractivity (Wildman–Crippen MR) is 108 cm³/mol. The lowest BCUT2D eigenvalue weighted by atomic mass is 10.3. The van der Waals surface area contributed by atoms with Gasteiger partial charge in [-0.15, -0.1) is 4.62 Å². The number of phosphoric ester groups is 1. The van der Waals surface area contributed by atoms with Crippen LogP contribution in [0.15, 0.2) is 66.9 Å². The zero-order chi connectivity index (χ0) is 21.6. The Balaban J connectivity index is 1.91. The highest BCUT2D eigenvalue weighted by molar-refractivity contribution is 7.49. The molecule has 10 heteroatoms. The summed E-state index contributed by atoms with van der Waals surface area (Å²) in [4.78, 5) is 0. The second-order valence-corrected chi connectivity index (χ2v) is 7.55. The molecule has 0 aliphatic heterocycles. The van der Waals surface area contributed by atoms with Gasteiger partial charge in [0.2, 0.25) is 6.20 Å². The van der Waals surface area contributed by atoms with Crippen LogP contribution in [0.3, 0.4) is 0 Å². The molecule has 154 valence electrons. The molecule has 0 aliphatic carbocycles. The number of ether oxygens (including phenoxy) is 2. The van der Waals surface area contributed by atoms with Crippen molar-refractivity contribution in [1.82, 2.24) is 0 Å². The van der Waals surface area contributed by atoms with Gasteiger partial charge in [0.15, 0.2) is 0 Å². The third-order valence-electron chi connectivity index (χ3n) is 3.74. The Bertz CT molecular complexity index is 1050. The fourth-order valence-electron chi connectivity index (χ4n) is 2.29. The van der Waals surface area contributed by atoms with Gasteiger partial charge in [-0.05, 0) is 60.1 Å². The van der Waals surface area contributed by atoms with E-state index in [1.807, 2.05) is 6.07 Å². The molecule has 0 N–H and O–H groups in total. The van der Waals surface area contributed by atoms with E-state index in [1.165, 1.54) is 32.5 Å². The number of hydrogen-bond acceptors (Lipinski definition) is 7. The van der Waals surface area contributed by atoms with Crippen molar-refractivity contribution in [3.63, 3.8) is 0 Å². The van der Waals surface area contributed by atoms with Crippen LogP contribution in [0.2, 0.25) is 5.15 Å². The Hall–Kier alpha value is -3.40. The van der Waals surface area contributed by atoms with Crippen LogP contribution in [0.1, 0.15) is 5.56 Å². The van der Waals surface area contributed by atoms with Gasteiger partial charge in [0.1, 0.15) is 23.0 Å². The highest BCUT2D eigenvalue weighted by Gasteiger charge is 2.39. The maximum Gasteiger partial charge on any atom is 0.700 e. The van der Waals surface area contributed by atoms with Crippen molar-refractivity contribution in [2.75, 3.05) is 14.2 Å². The number of pyridine rings is 1. The number of methoxy groups -OCH3 is 2. The molecule has 2 aromatic carbocycles. The number of rotatable bonds is 8. The minimum absolute atomic E-state index is 0.00550. The van der Waals surface area contributed by atoms with Crippen molar-refractivity contribution < 1.29 is 32.4 Å². The smallest absolute Gasteiger partial charge is 0.497 e. The Labute approximate surface area is 178 Å². The van der Waals surface area contributed by atoms with Crippen molar-refractivity contribution in [3.05, 3.63) is 77.6 Å². The van der Waals surface area contributed by atoms with Crippen LogP contribution in [-0.2, 0) is 4.57 Å². The Morgan fingerprint density at radius 2 is 1.33 bits per heavy atom. The molecular weight excluding hydrogens is 431 g/mol. The van der Waals surface area contributed by atoms with Gasteiger partial charge in [0, 0.05) is 16.9 Å². The molecule has 0 fully saturated rings. The number of halogens is 1. The first-order valence-corrected chi connectivity index (χ1v) is 10.4. The SMILES string of the molecule is COc1ccc(OP(=O)(Oc2ccc(OC)cc2)O[n+]2ccc(C#N)cc2Cl)cc1. The van der Waals surface area contributed by atoms with Crippen LogP contribution in [0.4, 0.5) is 0 Å². The lowest BCUT2D eigenvalue weighted by Crippen LogP contribution is -2.43. The van der Waals surface area contributed by atoms with E-state index in [4.69, 9.17) is 40.0 Å². The van der Waals surface area contributed by atoms with Crippen LogP contribution in [0.25, 0.3) is 0 Å². The van der Waals surface area contributed by atoms with Crippen LogP contribution >= 0.6 is 19.4 Å². The Kier molecular flexibility index (Phi) is 6.68. The topological polar surface area (TPSA) is 90.9 Å². The summed E-state index contributed by atoms with van der Waals surface area (Å²) in [5.74, 6) is 1.63. The molecule has 1 heterocycles. The van der Waals surface area contributed by atoms with Crippen molar-refractivity contribution in [1.29, 1.82) is 5.26 Å². The normalized spacial score (nSPS) is 10.6. The van der Waals surface area contributed by atoms with Crippen molar-refractivity contribution >= 4 is 19.4 Å². The van der Waals surface area contributed by atoms with Crippen LogP contribution < -0.4 is 27.9 Å². The number of nitriles is 1. The molecule has 0 saturated heterocycles. The van der Waals surface area contributed by atoms with E-state index < -0.39 is 7.82 Å². The quantitative estimate of drug-likeness (QED) is 0.290. The molecule has 3 aromatic rings. The summed E-state index contributed by atoms with van der Waals surface area (Å²) in [7, 11) is -1.21. The van der Waals surface area contributed by atoms with Gasteiger partial charge in [-0.3, -0.25) is 0 Å². The standard InChI is InChI=1S/C20H17ClN2O6P/c1-25-16-3-7-18(8-4-16)27-30(24,28-19-9-5-17(26-2)6-10-19)29-23-12-11-15(14-22)13-20(23)21/h3-13H,1-2H3/q+1. The van der Waals surface area contributed by atoms with Gasteiger partial charge in [0.05, 0.1) is 25.9 Å². The van der Waals surface area contributed by atoms with E-state index in [2.05, 4.69) is 0 Å². The minimum Gasteiger partial charge on any atom is -0.497 e. The summed E-state index contributed by atoms with van der Waals surface area (Å²) in [5, 5.41) is 8.98. The summed E-state index contributed by atoms with van der Waals surface area (Å²) in [6.07, 6.45) is 1.34. The van der Waals surface area contributed by atoms with Crippen molar-refractivity contribution in [3.8, 4) is 29.1 Å². The van der Waals surface area contributed by atoms with E-state index in [9.17, 15) is 4.57 Å². The van der Waals surface area contributed by atoms with Gasteiger partial charge >= 0.3 is 13.0 Å². The van der Waals surface area contributed by atoms with E-state index in [-0.39, 0.29) is 16.7 Å². The van der Waals surface area contributed by atoms with Crippen LogP contribution in [-0.4, -0.2) is 14.2 Å². The summed E-state index contributed by atoms with van der Waals surface area (Å²) in [6.45, 7) is 0. The Morgan fingerprint density at radius 1 is 0.867 bits per heavy atom. The maximum atomic E-state index is 13.5. The average Bonchev–Trinajstić information content (AvgIpc) is 2.76. The largest absolute Gasteiger partial charge is 0.700 e. The summed E-state index contributed by atoms with van der Waals surface area (Å²) < 4.78 is 41.3. The van der Waals surface area contributed by atoms with E-state index >= 15 is 0 Å². The van der Waals surface area contributed by atoms with Gasteiger partial charge in [0.25, 0.3) is 0 Å². The van der Waals surface area contributed by atoms with Crippen LogP contribution in [0, 0.1) is 11.3 Å². The lowest BCUT2D eigenvalue weighted by Gasteiger charge is -2.15. The molecule has 0 unspecified atom stereocenters. The third kappa shape index (κ3) is 5.35. The van der Waals surface area contributed by atoms with Crippen molar-refractivity contribution in [2.45, 2.75) is 0 Å². The first-order valence-electron chi connectivity index (χ1n) is 8.53.